The minimum absolute atomic E-state index is 0.140. The summed E-state index contributed by atoms with van der Waals surface area (Å²) in [6, 6.07) is 16.3. The summed E-state index contributed by atoms with van der Waals surface area (Å²) in [5.41, 5.74) is 1.57. The van der Waals surface area contributed by atoms with E-state index in [1.54, 1.807) is 36.4 Å². The van der Waals surface area contributed by atoms with Gasteiger partial charge in [-0.2, -0.15) is 0 Å². The predicted molar refractivity (Wildman–Crippen MR) is 80.1 cm³/mol. The van der Waals surface area contributed by atoms with E-state index >= 15 is 0 Å². The molecule has 0 radical (unpaired) electrons. The van der Waals surface area contributed by atoms with Crippen LogP contribution in [-0.4, -0.2) is 18.7 Å². The van der Waals surface area contributed by atoms with Crippen LogP contribution in [0.3, 0.4) is 0 Å². The second-order valence-electron chi connectivity index (χ2n) is 3.97. The SMILES string of the molecule is O=C(CO/N=C\c1ccc(Cl)cc1)Nc1ccccc1. The largest absolute Gasteiger partial charge is 0.386 e. The molecule has 20 heavy (non-hydrogen) atoms. The first-order valence-corrected chi connectivity index (χ1v) is 6.37. The molecule has 2 rings (SSSR count). The molecule has 0 heterocycles. The fraction of sp³-hybridized carbons (Fsp3) is 0.0667. The highest BCUT2D eigenvalue weighted by atomic mass is 35.5. The summed E-state index contributed by atoms with van der Waals surface area (Å²) in [5, 5.41) is 7.07. The normalized spacial score (nSPS) is 10.4. The molecule has 2 aromatic carbocycles. The molecule has 0 bridgehead atoms. The van der Waals surface area contributed by atoms with Crippen LogP contribution in [0.25, 0.3) is 0 Å². The van der Waals surface area contributed by atoms with Gasteiger partial charge < -0.3 is 10.2 Å². The molecule has 0 fully saturated rings. The van der Waals surface area contributed by atoms with Crippen molar-refractivity contribution in [1.29, 1.82) is 0 Å². The number of nitrogens with one attached hydrogen (secondary N) is 1. The van der Waals surface area contributed by atoms with Gasteiger partial charge in [0, 0.05) is 10.7 Å². The summed E-state index contributed by atoms with van der Waals surface area (Å²) < 4.78 is 0. The molecule has 0 aliphatic carbocycles. The molecule has 5 heteroatoms. The Kier molecular flexibility index (Phi) is 5.15. The molecule has 1 amide bonds. The van der Waals surface area contributed by atoms with E-state index in [-0.39, 0.29) is 12.5 Å². The Balaban J connectivity index is 1.75. The highest BCUT2D eigenvalue weighted by Gasteiger charge is 2.01. The van der Waals surface area contributed by atoms with E-state index < -0.39 is 0 Å². The standard InChI is InChI=1S/C15H13ClN2O2/c16-13-8-6-12(7-9-13)10-17-20-11-15(19)18-14-4-2-1-3-5-14/h1-10H,11H2,(H,18,19)/b17-10-. The molecule has 0 spiro atoms. The number of benzene rings is 2. The van der Waals surface area contributed by atoms with Crippen LogP contribution < -0.4 is 5.32 Å². The van der Waals surface area contributed by atoms with Gasteiger partial charge in [0.2, 0.25) is 0 Å². The topological polar surface area (TPSA) is 50.7 Å². The summed E-state index contributed by atoms with van der Waals surface area (Å²) in [6.07, 6.45) is 1.52. The fourth-order valence-corrected chi connectivity index (χ4v) is 1.59. The second kappa shape index (κ2) is 7.31. The number of hydrogen-bond acceptors (Lipinski definition) is 3. The minimum Gasteiger partial charge on any atom is -0.386 e. The molecule has 0 unspecified atom stereocenters. The maximum Gasteiger partial charge on any atom is 0.265 e. The zero-order valence-corrected chi connectivity index (χ0v) is 11.4. The first-order valence-electron chi connectivity index (χ1n) is 6.00. The predicted octanol–water partition coefficient (Wildman–Crippen LogP) is 3.33. The molecule has 0 aliphatic heterocycles. The van der Waals surface area contributed by atoms with Gasteiger partial charge in [0.05, 0.1) is 6.21 Å². The van der Waals surface area contributed by atoms with Crippen LogP contribution in [0.4, 0.5) is 5.69 Å². The maximum absolute atomic E-state index is 11.5. The lowest BCUT2D eigenvalue weighted by Gasteiger charge is -2.03. The van der Waals surface area contributed by atoms with Crippen LogP contribution in [-0.2, 0) is 9.63 Å². The van der Waals surface area contributed by atoms with Gasteiger partial charge in [-0.05, 0) is 29.8 Å². The Hall–Kier alpha value is -2.33. The van der Waals surface area contributed by atoms with Gasteiger partial charge in [0.25, 0.3) is 5.91 Å². The molecule has 4 nitrogen and oxygen atoms in total. The molecule has 0 aromatic heterocycles. The first kappa shape index (κ1) is 14.1. The number of hydrogen-bond donors (Lipinski definition) is 1. The van der Waals surface area contributed by atoms with Gasteiger partial charge >= 0.3 is 0 Å². The smallest absolute Gasteiger partial charge is 0.265 e. The summed E-state index contributed by atoms with van der Waals surface area (Å²) in [4.78, 5) is 16.5. The van der Waals surface area contributed by atoms with E-state index in [0.717, 1.165) is 11.3 Å². The fourth-order valence-electron chi connectivity index (χ4n) is 1.46. The Morgan fingerprint density at radius 1 is 1.15 bits per heavy atom. The summed E-state index contributed by atoms with van der Waals surface area (Å²) in [6.45, 7) is -0.140. The number of carbonyl (C=O) groups is 1. The van der Waals surface area contributed by atoms with Crippen LogP contribution in [0, 0.1) is 0 Å². The molecule has 2 aromatic rings. The van der Waals surface area contributed by atoms with Gasteiger partial charge in [0.1, 0.15) is 0 Å². The Morgan fingerprint density at radius 2 is 1.85 bits per heavy atom. The Labute approximate surface area is 122 Å². The first-order chi connectivity index (χ1) is 9.74. The molecule has 0 saturated heterocycles. The van der Waals surface area contributed by atoms with Crippen molar-refractivity contribution in [2.75, 3.05) is 11.9 Å². The molecular formula is C15H13ClN2O2. The van der Waals surface area contributed by atoms with Gasteiger partial charge in [-0.15, -0.1) is 0 Å². The van der Waals surface area contributed by atoms with Crippen LogP contribution in [0.2, 0.25) is 5.02 Å². The lowest BCUT2D eigenvalue weighted by atomic mass is 10.2. The third-order valence-electron chi connectivity index (χ3n) is 2.40. The summed E-state index contributed by atoms with van der Waals surface area (Å²) in [5.74, 6) is -0.260. The van der Waals surface area contributed by atoms with E-state index in [9.17, 15) is 4.79 Å². The lowest BCUT2D eigenvalue weighted by Crippen LogP contribution is -2.16. The number of oxime groups is 1. The van der Waals surface area contributed by atoms with Crippen LogP contribution in [0.5, 0.6) is 0 Å². The van der Waals surface area contributed by atoms with Crippen molar-refractivity contribution in [3.63, 3.8) is 0 Å². The summed E-state index contributed by atoms with van der Waals surface area (Å²) >= 11 is 5.76. The minimum atomic E-state index is -0.260. The van der Waals surface area contributed by atoms with Crippen molar-refractivity contribution in [2.24, 2.45) is 5.16 Å². The Morgan fingerprint density at radius 3 is 2.55 bits per heavy atom. The van der Waals surface area contributed by atoms with E-state index in [0.29, 0.717) is 5.02 Å². The van der Waals surface area contributed by atoms with E-state index in [1.807, 2.05) is 18.2 Å². The lowest BCUT2D eigenvalue weighted by molar-refractivity contribution is -0.120. The van der Waals surface area contributed by atoms with Crippen molar-refractivity contribution in [2.45, 2.75) is 0 Å². The number of amides is 1. The highest BCUT2D eigenvalue weighted by Crippen LogP contribution is 2.08. The molecule has 0 atom stereocenters. The quantitative estimate of drug-likeness (QED) is 0.678. The second-order valence-corrected chi connectivity index (χ2v) is 4.41. The number of rotatable bonds is 5. The zero-order valence-electron chi connectivity index (χ0n) is 10.6. The number of carbonyl (C=O) groups excluding carboxylic acids is 1. The average Bonchev–Trinajstić information content (AvgIpc) is 2.46. The number of halogens is 1. The van der Waals surface area contributed by atoms with Gasteiger partial charge in [0.15, 0.2) is 6.61 Å². The molecule has 0 saturated carbocycles. The van der Waals surface area contributed by atoms with Crippen molar-refractivity contribution < 1.29 is 9.63 Å². The van der Waals surface area contributed by atoms with Crippen LogP contribution >= 0.6 is 11.6 Å². The van der Waals surface area contributed by atoms with Gasteiger partial charge in [-0.1, -0.05) is 47.1 Å². The molecule has 102 valence electrons. The highest BCUT2D eigenvalue weighted by molar-refractivity contribution is 6.30. The van der Waals surface area contributed by atoms with E-state index in [2.05, 4.69) is 10.5 Å². The molecule has 0 aliphatic rings. The van der Waals surface area contributed by atoms with Crippen LogP contribution in [0.1, 0.15) is 5.56 Å². The Bertz CT molecular complexity index is 583. The van der Waals surface area contributed by atoms with Gasteiger partial charge in [-0.25, -0.2) is 0 Å². The van der Waals surface area contributed by atoms with Crippen molar-refractivity contribution in [3.05, 3.63) is 65.2 Å². The number of para-hydroxylation sites is 1. The third kappa shape index (κ3) is 4.74. The summed E-state index contributed by atoms with van der Waals surface area (Å²) in [7, 11) is 0. The van der Waals surface area contributed by atoms with Crippen molar-refractivity contribution in [1.82, 2.24) is 0 Å². The van der Waals surface area contributed by atoms with Crippen molar-refractivity contribution >= 4 is 29.4 Å². The molecule has 1 N–H and O–H groups in total. The zero-order chi connectivity index (χ0) is 14.2. The van der Waals surface area contributed by atoms with E-state index in [1.165, 1.54) is 6.21 Å². The monoisotopic (exact) mass is 288 g/mol. The molecular weight excluding hydrogens is 276 g/mol. The number of anilines is 1. The van der Waals surface area contributed by atoms with Gasteiger partial charge in [-0.3, -0.25) is 4.79 Å². The average molecular weight is 289 g/mol. The third-order valence-corrected chi connectivity index (χ3v) is 2.65. The van der Waals surface area contributed by atoms with Crippen molar-refractivity contribution in [3.8, 4) is 0 Å². The van der Waals surface area contributed by atoms with Crippen LogP contribution in [0.15, 0.2) is 59.8 Å². The maximum atomic E-state index is 11.5. The van der Waals surface area contributed by atoms with E-state index in [4.69, 9.17) is 16.4 Å². The number of nitrogens with zero attached hydrogens (tertiary/aromatic N) is 1.